The molecule has 2 atom stereocenters. The Hall–Kier alpha value is -0.280. The highest BCUT2D eigenvalue weighted by Gasteiger charge is 2.20. The second-order valence-corrected chi connectivity index (χ2v) is 5.33. The third-order valence-corrected chi connectivity index (χ3v) is 3.88. The first-order valence-corrected chi connectivity index (χ1v) is 7.66. The molecule has 1 N–H and O–H groups in total. The molecular weight excluding hydrogens is 281 g/mol. The van der Waals surface area contributed by atoms with Gasteiger partial charge >= 0.3 is 0 Å². The predicted molar refractivity (Wildman–Crippen MR) is 83.3 cm³/mol. The summed E-state index contributed by atoms with van der Waals surface area (Å²) in [6.07, 6.45) is 2.11. The van der Waals surface area contributed by atoms with Crippen LogP contribution in [0.1, 0.15) is 32.8 Å². The van der Waals surface area contributed by atoms with Gasteiger partial charge in [-0.3, -0.25) is 0 Å². The smallest absolute Gasteiger partial charge is 0.0728 e. The topological polar surface area (TPSA) is 21.3 Å². The molecule has 0 bridgehead atoms. The van der Waals surface area contributed by atoms with E-state index in [9.17, 15) is 0 Å². The highest BCUT2D eigenvalue weighted by molar-refractivity contribution is 6.42. The number of hydrogen-bond donors (Lipinski definition) is 1. The van der Waals surface area contributed by atoms with Crippen molar-refractivity contribution in [2.75, 3.05) is 13.2 Å². The second-order valence-electron chi connectivity index (χ2n) is 4.52. The standard InChI is InChI=1S/C15H23Cl2NO/c1-4-15(19-6-3)14(18-5-2)10-11-7-8-12(16)13(17)9-11/h7-9,14-15,18H,4-6,10H2,1-3H3. The summed E-state index contributed by atoms with van der Waals surface area (Å²) in [7, 11) is 0. The zero-order valence-electron chi connectivity index (χ0n) is 11.9. The van der Waals surface area contributed by atoms with Crippen LogP contribution in [0.4, 0.5) is 0 Å². The van der Waals surface area contributed by atoms with Crippen molar-refractivity contribution in [1.29, 1.82) is 0 Å². The van der Waals surface area contributed by atoms with Crippen molar-refractivity contribution in [3.8, 4) is 0 Å². The summed E-state index contributed by atoms with van der Waals surface area (Å²) in [4.78, 5) is 0. The van der Waals surface area contributed by atoms with E-state index in [1.807, 2.05) is 25.1 Å². The molecule has 4 heteroatoms. The largest absolute Gasteiger partial charge is 0.377 e. The van der Waals surface area contributed by atoms with Crippen LogP contribution in [-0.2, 0) is 11.2 Å². The Morgan fingerprint density at radius 3 is 2.42 bits per heavy atom. The molecule has 2 nitrogen and oxygen atoms in total. The van der Waals surface area contributed by atoms with E-state index in [1.165, 1.54) is 5.56 Å². The molecular formula is C15H23Cl2NO. The fourth-order valence-corrected chi connectivity index (χ4v) is 2.57. The molecule has 0 aliphatic carbocycles. The van der Waals surface area contributed by atoms with Gasteiger partial charge in [-0.1, -0.05) is 43.1 Å². The minimum absolute atomic E-state index is 0.222. The highest BCUT2D eigenvalue weighted by atomic mass is 35.5. The zero-order valence-corrected chi connectivity index (χ0v) is 13.4. The zero-order chi connectivity index (χ0) is 14.3. The first-order chi connectivity index (χ1) is 9.12. The molecule has 0 amide bonds. The minimum atomic E-state index is 0.222. The first-order valence-electron chi connectivity index (χ1n) is 6.91. The fraction of sp³-hybridized carbons (Fsp3) is 0.600. The normalized spacial score (nSPS) is 14.4. The van der Waals surface area contributed by atoms with Crippen LogP contribution in [0, 0.1) is 0 Å². The molecule has 0 spiro atoms. The van der Waals surface area contributed by atoms with E-state index in [1.54, 1.807) is 0 Å². The quantitative estimate of drug-likeness (QED) is 0.772. The number of benzene rings is 1. The summed E-state index contributed by atoms with van der Waals surface area (Å²) in [5.74, 6) is 0. The van der Waals surface area contributed by atoms with E-state index < -0.39 is 0 Å². The number of rotatable bonds is 8. The molecule has 19 heavy (non-hydrogen) atoms. The van der Waals surface area contributed by atoms with Crippen LogP contribution in [-0.4, -0.2) is 25.3 Å². The molecule has 108 valence electrons. The molecule has 0 saturated heterocycles. The maximum atomic E-state index is 6.07. The first kappa shape index (κ1) is 16.8. The Morgan fingerprint density at radius 1 is 1.16 bits per heavy atom. The van der Waals surface area contributed by atoms with Crippen LogP contribution in [0.25, 0.3) is 0 Å². The average molecular weight is 304 g/mol. The van der Waals surface area contributed by atoms with Crippen LogP contribution >= 0.6 is 23.2 Å². The van der Waals surface area contributed by atoms with Gasteiger partial charge in [-0.25, -0.2) is 0 Å². The lowest BCUT2D eigenvalue weighted by atomic mass is 9.99. The molecule has 0 fully saturated rings. The molecule has 0 aliphatic heterocycles. The van der Waals surface area contributed by atoms with Crippen LogP contribution in [0.5, 0.6) is 0 Å². The van der Waals surface area contributed by atoms with E-state index in [0.29, 0.717) is 16.1 Å². The summed E-state index contributed by atoms with van der Waals surface area (Å²) in [6.45, 7) is 7.96. The Bertz CT molecular complexity index is 384. The minimum Gasteiger partial charge on any atom is -0.377 e. The Morgan fingerprint density at radius 2 is 1.89 bits per heavy atom. The number of ether oxygens (including phenoxy) is 1. The van der Waals surface area contributed by atoms with Gasteiger partial charge in [0.25, 0.3) is 0 Å². The lowest BCUT2D eigenvalue weighted by Crippen LogP contribution is -2.42. The summed E-state index contributed by atoms with van der Waals surface area (Å²) in [6, 6.07) is 6.11. The van der Waals surface area contributed by atoms with E-state index in [0.717, 1.165) is 26.0 Å². The van der Waals surface area contributed by atoms with Gasteiger partial charge in [-0.15, -0.1) is 0 Å². The molecule has 1 aromatic rings. The van der Waals surface area contributed by atoms with Crippen molar-refractivity contribution >= 4 is 23.2 Å². The van der Waals surface area contributed by atoms with Gasteiger partial charge < -0.3 is 10.1 Å². The molecule has 0 aliphatic rings. The molecule has 0 heterocycles. The Balaban J connectivity index is 2.78. The van der Waals surface area contributed by atoms with Gasteiger partial charge in [-0.05, 0) is 44.0 Å². The van der Waals surface area contributed by atoms with Crippen LogP contribution in [0.15, 0.2) is 18.2 Å². The van der Waals surface area contributed by atoms with Gasteiger partial charge in [0, 0.05) is 12.6 Å². The SMILES string of the molecule is CCNC(Cc1ccc(Cl)c(Cl)c1)C(CC)OCC. The molecule has 2 unspecified atom stereocenters. The average Bonchev–Trinajstić information content (AvgIpc) is 2.40. The third kappa shape index (κ3) is 5.31. The van der Waals surface area contributed by atoms with Crippen LogP contribution in [0.3, 0.4) is 0 Å². The van der Waals surface area contributed by atoms with E-state index in [-0.39, 0.29) is 6.10 Å². The lowest BCUT2D eigenvalue weighted by Gasteiger charge is -2.27. The molecule has 0 radical (unpaired) electrons. The van der Waals surface area contributed by atoms with Gasteiger partial charge in [0.2, 0.25) is 0 Å². The molecule has 0 aromatic heterocycles. The summed E-state index contributed by atoms with van der Waals surface area (Å²) >= 11 is 12.0. The van der Waals surface area contributed by atoms with Crippen molar-refractivity contribution in [1.82, 2.24) is 5.32 Å². The van der Waals surface area contributed by atoms with Crippen molar-refractivity contribution in [2.24, 2.45) is 0 Å². The second kappa shape index (κ2) is 8.80. The van der Waals surface area contributed by atoms with E-state index in [2.05, 4.69) is 19.2 Å². The summed E-state index contributed by atoms with van der Waals surface area (Å²) in [5, 5.41) is 4.71. The summed E-state index contributed by atoms with van der Waals surface area (Å²) < 4.78 is 5.81. The monoisotopic (exact) mass is 303 g/mol. The third-order valence-electron chi connectivity index (χ3n) is 3.14. The van der Waals surface area contributed by atoms with E-state index in [4.69, 9.17) is 27.9 Å². The Kier molecular flexibility index (Phi) is 7.77. The number of halogens is 2. The van der Waals surface area contributed by atoms with Gasteiger partial charge in [0.05, 0.1) is 16.1 Å². The van der Waals surface area contributed by atoms with Crippen LogP contribution < -0.4 is 5.32 Å². The molecule has 1 rings (SSSR count). The van der Waals surface area contributed by atoms with Crippen molar-refractivity contribution < 1.29 is 4.74 Å². The fourth-order valence-electron chi connectivity index (χ4n) is 2.25. The maximum absolute atomic E-state index is 6.07. The van der Waals surface area contributed by atoms with E-state index >= 15 is 0 Å². The van der Waals surface area contributed by atoms with Crippen molar-refractivity contribution in [3.63, 3.8) is 0 Å². The number of likely N-dealkylation sites (N-methyl/N-ethyl adjacent to an activating group) is 1. The van der Waals surface area contributed by atoms with Gasteiger partial charge in [0.1, 0.15) is 0 Å². The van der Waals surface area contributed by atoms with Crippen molar-refractivity contribution in [3.05, 3.63) is 33.8 Å². The maximum Gasteiger partial charge on any atom is 0.0728 e. The van der Waals surface area contributed by atoms with Crippen molar-refractivity contribution in [2.45, 2.75) is 45.8 Å². The Labute approximate surface area is 126 Å². The highest BCUT2D eigenvalue weighted by Crippen LogP contribution is 2.23. The number of nitrogens with one attached hydrogen (secondary N) is 1. The van der Waals surface area contributed by atoms with Crippen LogP contribution in [0.2, 0.25) is 10.0 Å². The lowest BCUT2D eigenvalue weighted by molar-refractivity contribution is 0.0323. The summed E-state index contributed by atoms with van der Waals surface area (Å²) in [5.41, 5.74) is 1.18. The van der Waals surface area contributed by atoms with Gasteiger partial charge in [-0.2, -0.15) is 0 Å². The van der Waals surface area contributed by atoms with Gasteiger partial charge in [0.15, 0.2) is 0 Å². The predicted octanol–water partition coefficient (Wildman–Crippen LogP) is 4.33. The molecule has 1 aromatic carbocycles. The number of hydrogen-bond acceptors (Lipinski definition) is 2. The molecule has 0 saturated carbocycles.